The third kappa shape index (κ3) is 5.57. The summed E-state index contributed by atoms with van der Waals surface area (Å²) in [6.07, 6.45) is -3.41. The summed E-state index contributed by atoms with van der Waals surface area (Å²) in [6.45, 7) is 1.87. The molecule has 4 rings (SSSR count). The number of carbonyl (C=O) groups is 2. The third-order valence-electron chi connectivity index (χ3n) is 5.54. The monoisotopic (exact) mass is 503 g/mol. The summed E-state index contributed by atoms with van der Waals surface area (Å²) >= 11 is 6.00. The Morgan fingerprint density at radius 3 is 2.71 bits per heavy atom. The van der Waals surface area contributed by atoms with Crippen molar-refractivity contribution in [2.24, 2.45) is 0 Å². The van der Waals surface area contributed by atoms with Crippen LogP contribution in [-0.2, 0) is 24.1 Å². The Balaban J connectivity index is 1.60. The molecule has 2 aromatic carbocycles. The van der Waals surface area contributed by atoms with Gasteiger partial charge in [0, 0.05) is 30.5 Å². The molecular weight excluding hydrogens is 483 g/mol. The van der Waals surface area contributed by atoms with Crippen molar-refractivity contribution < 1.29 is 27.5 Å². The number of pyridine rings is 1. The number of hydrogen-bond acceptors (Lipinski definition) is 4. The number of hydrogen-bond donors (Lipinski definition) is 1. The van der Waals surface area contributed by atoms with Gasteiger partial charge in [-0.15, -0.1) is 0 Å². The van der Waals surface area contributed by atoms with Crippen LogP contribution in [-0.4, -0.2) is 27.8 Å². The molecule has 1 aromatic heterocycles. The molecule has 2 heterocycles. The predicted octanol–water partition coefficient (Wildman–Crippen LogP) is 5.71. The molecule has 0 bridgehead atoms. The van der Waals surface area contributed by atoms with E-state index in [2.05, 4.69) is 10.3 Å². The highest BCUT2D eigenvalue weighted by Gasteiger charge is 2.32. The second-order valence-electron chi connectivity index (χ2n) is 8.03. The maximum atomic E-state index is 13.2. The van der Waals surface area contributed by atoms with E-state index >= 15 is 0 Å². The SMILES string of the molecule is CCC1Oc2ccc(NC(=O)c3cccnc3Cl)cc2CN(Cc2cccc(C(F)(F)F)c2)C1=O. The summed E-state index contributed by atoms with van der Waals surface area (Å²) in [5, 5.41) is 2.81. The van der Waals surface area contributed by atoms with Crippen molar-refractivity contribution in [2.45, 2.75) is 38.7 Å². The lowest BCUT2D eigenvalue weighted by Gasteiger charge is -2.23. The van der Waals surface area contributed by atoms with Crippen molar-refractivity contribution in [3.05, 3.63) is 88.2 Å². The van der Waals surface area contributed by atoms with Crippen LogP contribution in [0.15, 0.2) is 60.8 Å². The number of aromatic nitrogens is 1. The topological polar surface area (TPSA) is 71.5 Å². The van der Waals surface area contributed by atoms with Gasteiger partial charge in [-0.3, -0.25) is 9.59 Å². The van der Waals surface area contributed by atoms with Crippen LogP contribution in [0.25, 0.3) is 0 Å². The van der Waals surface area contributed by atoms with Gasteiger partial charge in [0.25, 0.3) is 11.8 Å². The summed E-state index contributed by atoms with van der Waals surface area (Å²) in [6, 6.07) is 13.0. The van der Waals surface area contributed by atoms with Crippen LogP contribution >= 0.6 is 11.6 Å². The standard InChI is InChI=1S/C25H21ClF3N3O3/c1-2-20-24(34)32(13-15-5-3-6-17(11-15)25(27,28)29)14-16-12-18(8-9-21(16)35-20)31-23(33)19-7-4-10-30-22(19)26/h3-12,20H,2,13-14H2,1H3,(H,31,33). The summed E-state index contributed by atoms with van der Waals surface area (Å²) in [5.74, 6) is -0.316. The van der Waals surface area contributed by atoms with Gasteiger partial charge in [0.05, 0.1) is 11.1 Å². The van der Waals surface area contributed by atoms with Gasteiger partial charge in [0.2, 0.25) is 0 Å². The highest BCUT2D eigenvalue weighted by molar-refractivity contribution is 6.33. The first kappa shape index (κ1) is 24.5. The van der Waals surface area contributed by atoms with Crippen molar-refractivity contribution in [3.8, 4) is 5.75 Å². The number of nitrogens with one attached hydrogen (secondary N) is 1. The molecule has 1 N–H and O–H groups in total. The van der Waals surface area contributed by atoms with Crippen LogP contribution in [0.2, 0.25) is 5.15 Å². The summed E-state index contributed by atoms with van der Waals surface area (Å²) < 4.78 is 45.4. The molecule has 0 fully saturated rings. The Labute approximate surface area is 204 Å². The average Bonchev–Trinajstić information content (AvgIpc) is 2.95. The highest BCUT2D eigenvalue weighted by atomic mass is 35.5. The van der Waals surface area contributed by atoms with E-state index in [1.807, 2.05) is 0 Å². The van der Waals surface area contributed by atoms with Gasteiger partial charge in [-0.05, 0) is 54.4 Å². The molecule has 0 saturated heterocycles. The number of anilines is 1. The van der Waals surface area contributed by atoms with Crippen LogP contribution in [0.1, 0.15) is 40.4 Å². The number of fused-ring (bicyclic) bond motifs is 1. The van der Waals surface area contributed by atoms with Crippen LogP contribution in [0.5, 0.6) is 5.75 Å². The molecule has 0 saturated carbocycles. The zero-order valence-electron chi connectivity index (χ0n) is 18.6. The first-order valence-corrected chi connectivity index (χ1v) is 11.2. The normalized spacial score (nSPS) is 15.7. The Kier molecular flexibility index (Phi) is 6.98. The van der Waals surface area contributed by atoms with Crippen molar-refractivity contribution >= 4 is 29.1 Å². The van der Waals surface area contributed by atoms with E-state index in [1.165, 1.54) is 17.2 Å². The number of amides is 2. The number of benzene rings is 2. The van der Waals surface area contributed by atoms with Crippen molar-refractivity contribution in [1.29, 1.82) is 0 Å². The fourth-order valence-electron chi connectivity index (χ4n) is 3.80. The number of nitrogens with zero attached hydrogens (tertiary/aromatic N) is 2. The number of alkyl halides is 3. The second-order valence-corrected chi connectivity index (χ2v) is 8.38. The van der Waals surface area contributed by atoms with E-state index < -0.39 is 23.8 Å². The zero-order valence-corrected chi connectivity index (χ0v) is 19.4. The van der Waals surface area contributed by atoms with E-state index in [1.54, 1.807) is 43.3 Å². The van der Waals surface area contributed by atoms with Crippen LogP contribution in [0.4, 0.5) is 18.9 Å². The van der Waals surface area contributed by atoms with Gasteiger partial charge in [0.1, 0.15) is 10.9 Å². The molecular formula is C25H21ClF3N3O3. The predicted molar refractivity (Wildman–Crippen MR) is 124 cm³/mol. The van der Waals surface area contributed by atoms with E-state index in [4.69, 9.17) is 16.3 Å². The van der Waals surface area contributed by atoms with Gasteiger partial charge in [-0.25, -0.2) is 4.98 Å². The first-order valence-electron chi connectivity index (χ1n) is 10.8. The lowest BCUT2D eigenvalue weighted by molar-refractivity contribution is -0.139. The third-order valence-corrected chi connectivity index (χ3v) is 5.84. The Bertz CT molecular complexity index is 1270. The van der Waals surface area contributed by atoms with Gasteiger partial charge >= 0.3 is 6.18 Å². The number of ether oxygens (including phenoxy) is 1. The minimum atomic E-state index is -4.48. The molecule has 2 amide bonds. The molecule has 10 heteroatoms. The van der Waals surface area contributed by atoms with Crippen LogP contribution in [0, 0.1) is 0 Å². The lowest BCUT2D eigenvalue weighted by atomic mass is 10.1. The maximum Gasteiger partial charge on any atom is 0.416 e. The molecule has 1 aliphatic heterocycles. The van der Waals surface area contributed by atoms with Gasteiger partial charge in [0.15, 0.2) is 6.10 Å². The first-order chi connectivity index (χ1) is 16.7. The Morgan fingerprint density at radius 1 is 1.20 bits per heavy atom. The molecule has 0 aliphatic carbocycles. The minimum absolute atomic E-state index is 0.0239. The molecule has 1 aliphatic rings. The quantitative estimate of drug-likeness (QED) is 0.453. The highest BCUT2D eigenvalue weighted by Crippen LogP contribution is 2.32. The maximum absolute atomic E-state index is 13.2. The fourth-order valence-corrected chi connectivity index (χ4v) is 4.00. The Hall–Kier alpha value is -3.59. The molecule has 0 spiro atoms. The average molecular weight is 504 g/mol. The van der Waals surface area contributed by atoms with Crippen molar-refractivity contribution in [3.63, 3.8) is 0 Å². The molecule has 0 radical (unpaired) electrons. The van der Waals surface area contributed by atoms with Gasteiger partial charge in [-0.2, -0.15) is 13.2 Å². The van der Waals surface area contributed by atoms with E-state index in [0.29, 0.717) is 29.0 Å². The van der Waals surface area contributed by atoms with Gasteiger partial charge < -0.3 is 15.0 Å². The smallest absolute Gasteiger partial charge is 0.416 e. The van der Waals surface area contributed by atoms with Crippen LogP contribution in [0.3, 0.4) is 0 Å². The molecule has 3 aromatic rings. The van der Waals surface area contributed by atoms with Gasteiger partial charge in [-0.1, -0.05) is 30.7 Å². The molecule has 182 valence electrons. The largest absolute Gasteiger partial charge is 0.480 e. The fraction of sp³-hybridized carbons (Fsp3) is 0.240. The van der Waals surface area contributed by atoms with E-state index in [-0.39, 0.29) is 29.7 Å². The number of halogens is 4. The minimum Gasteiger partial charge on any atom is -0.480 e. The second kappa shape index (κ2) is 9.95. The van der Waals surface area contributed by atoms with Crippen molar-refractivity contribution in [2.75, 3.05) is 5.32 Å². The van der Waals surface area contributed by atoms with E-state index in [9.17, 15) is 22.8 Å². The van der Waals surface area contributed by atoms with E-state index in [0.717, 1.165) is 12.1 Å². The molecule has 1 unspecified atom stereocenters. The summed E-state index contributed by atoms with van der Waals surface area (Å²) in [4.78, 5) is 31.1. The number of rotatable bonds is 5. The molecule has 6 nitrogen and oxygen atoms in total. The summed E-state index contributed by atoms with van der Waals surface area (Å²) in [7, 11) is 0. The molecule has 1 atom stereocenters. The zero-order chi connectivity index (χ0) is 25.2. The number of carbonyl (C=O) groups excluding carboxylic acids is 2. The summed E-state index contributed by atoms with van der Waals surface area (Å²) in [5.41, 5.74) is 0.824. The Morgan fingerprint density at radius 2 is 2.00 bits per heavy atom. The molecule has 35 heavy (non-hydrogen) atoms. The lowest BCUT2D eigenvalue weighted by Crippen LogP contribution is -2.38. The van der Waals surface area contributed by atoms with Crippen LogP contribution < -0.4 is 10.1 Å². The van der Waals surface area contributed by atoms with Crippen molar-refractivity contribution in [1.82, 2.24) is 9.88 Å².